The van der Waals surface area contributed by atoms with E-state index < -0.39 is 10.0 Å². The normalized spacial score (nSPS) is 28.2. The van der Waals surface area contributed by atoms with Gasteiger partial charge in [0.25, 0.3) is 0 Å². The maximum absolute atomic E-state index is 11.2. The second-order valence-electron chi connectivity index (χ2n) is 2.94. The van der Waals surface area contributed by atoms with Gasteiger partial charge in [-0.1, -0.05) is 0 Å². The van der Waals surface area contributed by atoms with E-state index in [9.17, 15) is 8.42 Å². The van der Waals surface area contributed by atoms with Crippen molar-refractivity contribution in [3.05, 3.63) is 0 Å². The number of likely N-dealkylation sites (N-methyl/N-ethyl adjacent to an activating group) is 2. The predicted octanol–water partition coefficient (Wildman–Crippen LogP) is -0.807. The first-order valence-corrected chi connectivity index (χ1v) is 5.26. The summed E-state index contributed by atoms with van der Waals surface area (Å²) >= 11 is 0. The molecule has 0 aromatic heterocycles. The molecule has 0 atom stereocenters. The standard InChI is InChI=1S/C6H14N2O2S/c1-7-3-4-8(2)11(9,10)6-5-7/h3-6H2,1-2H3. The average molecular weight is 178 g/mol. The minimum Gasteiger partial charge on any atom is -0.304 e. The van der Waals surface area contributed by atoms with E-state index in [4.69, 9.17) is 0 Å². The zero-order valence-electron chi connectivity index (χ0n) is 6.95. The van der Waals surface area contributed by atoms with Gasteiger partial charge in [0.15, 0.2) is 0 Å². The van der Waals surface area contributed by atoms with Crippen molar-refractivity contribution in [3.63, 3.8) is 0 Å². The van der Waals surface area contributed by atoms with Crippen LogP contribution in [0.2, 0.25) is 0 Å². The van der Waals surface area contributed by atoms with Gasteiger partial charge in [-0.25, -0.2) is 12.7 Å². The van der Waals surface area contributed by atoms with Gasteiger partial charge < -0.3 is 4.90 Å². The third kappa shape index (κ3) is 2.15. The first kappa shape index (κ1) is 8.96. The van der Waals surface area contributed by atoms with Gasteiger partial charge >= 0.3 is 0 Å². The topological polar surface area (TPSA) is 40.6 Å². The first-order valence-electron chi connectivity index (χ1n) is 3.65. The smallest absolute Gasteiger partial charge is 0.215 e. The Morgan fingerprint density at radius 1 is 1.09 bits per heavy atom. The highest BCUT2D eigenvalue weighted by Crippen LogP contribution is 2.03. The molecule has 1 rings (SSSR count). The lowest BCUT2D eigenvalue weighted by atomic mass is 10.5. The molecule has 1 heterocycles. The van der Waals surface area contributed by atoms with Crippen LogP contribution in [0.5, 0.6) is 0 Å². The molecule has 4 nitrogen and oxygen atoms in total. The van der Waals surface area contributed by atoms with E-state index >= 15 is 0 Å². The summed E-state index contributed by atoms with van der Waals surface area (Å²) in [5, 5.41) is 0. The van der Waals surface area contributed by atoms with E-state index in [1.165, 1.54) is 4.31 Å². The molecular formula is C6H14N2O2S. The molecule has 0 unspecified atom stereocenters. The molecule has 0 aromatic rings. The number of hydrogen-bond donors (Lipinski definition) is 0. The molecule has 0 aliphatic carbocycles. The van der Waals surface area contributed by atoms with Gasteiger partial charge in [-0.3, -0.25) is 0 Å². The van der Waals surface area contributed by atoms with Crippen LogP contribution >= 0.6 is 0 Å². The third-order valence-electron chi connectivity index (χ3n) is 2.00. The summed E-state index contributed by atoms with van der Waals surface area (Å²) < 4.78 is 23.9. The molecule has 5 heteroatoms. The molecule has 0 spiro atoms. The van der Waals surface area contributed by atoms with Crippen molar-refractivity contribution in [2.24, 2.45) is 0 Å². The lowest BCUT2D eigenvalue weighted by Gasteiger charge is -2.12. The van der Waals surface area contributed by atoms with Crippen molar-refractivity contribution in [3.8, 4) is 0 Å². The number of nitrogens with zero attached hydrogens (tertiary/aromatic N) is 2. The molecule has 11 heavy (non-hydrogen) atoms. The maximum atomic E-state index is 11.2. The largest absolute Gasteiger partial charge is 0.304 e. The van der Waals surface area contributed by atoms with E-state index in [0.29, 0.717) is 13.1 Å². The molecule has 1 aliphatic rings. The maximum Gasteiger partial charge on any atom is 0.215 e. The van der Waals surface area contributed by atoms with Crippen LogP contribution < -0.4 is 0 Å². The van der Waals surface area contributed by atoms with Gasteiger partial charge in [0.2, 0.25) is 10.0 Å². The van der Waals surface area contributed by atoms with Gasteiger partial charge in [-0.15, -0.1) is 0 Å². The molecule has 1 saturated heterocycles. The molecule has 0 amide bonds. The predicted molar refractivity (Wildman–Crippen MR) is 43.9 cm³/mol. The highest BCUT2D eigenvalue weighted by molar-refractivity contribution is 7.89. The Bertz CT molecular complexity index is 225. The highest BCUT2D eigenvalue weighted by atomic mass is 32.2. The Morgan fingerprint density at radius 3 is 2.36 bits per heavy atom. The Labute approximate surface area is 67.8 Å². The first-order chi connectivity index (χ1) is 5.02. The fourth-order valence-corrected chi connectivity index (χ4v) is 2.20. The third-order valence-corrected chi connectivity index (χ3v) is 3.83. The summed E-state index contributed by atoms with van der Waals surface area (Å²) in [7, 11) is 0.633. The summed E-state index contributed by atoms with van der Waals surface area (Å²) in [6.45, 7) is 2.08. The molecule has 0 aromatic carbocycles. The molecule has 0 bridgehead atoms. The fraction of sp³-hybridized carbons (Fsp3) is 1.00. The van der Waals surface area contributed by atoms with E-state index in [-0.39, 0.29) is 5.75 Å². The van der Waals surface area contributed by atoms with E-state index in [1.807, 2.05) is 11.9 Å². The van der Waals surface area contributed by atoms with E-state index in [1.54, 1.807) is 7.05 Å². The van der Waals surface area contributed by atoms with Crippen molar-refractivity contribution in [2.75, 3.05) is 39.5 Å². The number of hydrogen-bond acceptors (Lipinski definition) is 3. The Morgan fingerprint density at radius 2 is 1.73 bits per heavy atom. The summed E-state index contributed by atoms with van der Waals surface area (Å²) in [5.74, 6) is 0.250. The van der Waals surface area contributed by atoms with Crippen LogP contribution in [-0.2, 0) is 10.0 Å². The lowest BCUT2D eigenvalue weighted by molar-refractivity contribution is 0.342. The van der Waals surface area contributed by atoms with Crippen molar-refractivity contribution in [1.29, 1.82) is 0 Å². The number of rotatable bonds is 0. The van der Waals surface area contributed by atoms with Crippen molar-refractivity contribution < 1.29 is 8.42 Å². The molecule has 0 radical (unpaired) electrons. The molecular weight excluding hydrogens is 164 g/mol. The number of sulfonamides is 1. The molecule has 0 saturated carbocycles. The van der Waals surface area contributed by atoms with Gasteiger partial charge in [-0.05, 0) is 7.05 Å². The van der Waals surface area contributed by atoms with Crippen LogP contribution in [0.15, 0.2) is 0 Å². The quantitative estimate of drug-likeness (QED) is 0.487. The molecule has 1 fully saturated rings. The van der Waals surface area contributed by atoms with Gasteiger partial charge in [0, 0.05) is 26.7 Å². The van der Waals surface area contributed by atoms with Gasteiger partial charge in [0.1, 0.15) is 0 Å². The summed E-state index contributed by atoms with van der Waals surface area (Å²) in [5.41, 5.74) is 0. The van der Waals surface area contributed by atoms with E-state index in [2.05, 4.69) is 0 Å². The monoisotopic (exact) mass is 178 g/mol. The zero-order valence-corrected chi connectivity index (χ0v) is 7.76. The van der Waals surface area contributed by atoms with Gasteiger partial charge in [-0.2, -0.15) is 0 Å². The van der Waals surface area contributed by atoms with Crippen LogP contribution in [0, 0.1) is 0 Å². The minimum absolute atomic E-state index is 0.250. The molecule has 0 N–H and O–H groups in total. The lowest BCUT2D eigenvalue weighted by Crippen LogP contribution is -2.29. The fourth-order valence-electron chi connectivity index (χ4n) is 0.989. The second kappa shape index (κ2) is 3.08. The summed E-state index contributed by atoms with van der Waals surface area (Å²) in [6.07, 6.45) is 0. The Hall–Kier alpha value is -0.130. The highest BCUT2D eigenvalue weighted by Gasteiger charge is 2.21. The SMILES string of the molecule is CN1CCN(C)S(=O)(=O)CC1. The summed E-state index contributed by atoms with van der Waals surface area (Å²) in [6, 6.07) is 0. The Balaban J connectivity index is 2.72. The van der Waals surface area contributed by atoms with Crippen LogP contribution in [0.4, 0.5) is 0 Å². The van der Waals surface area contributed by atoms with Gasteiger partial charge in [0.05, 0.1) is 5.75 Å². The average Bonchev–Trinajstić information content (AvgIpc) is 2.03. The van der Waals surface area contributed by atoms with Crippen molar-refractivity contribution in [2.45, 2.75) is 0 Å². The van der Waals surface area contributed by atoms with Crippen molar-refractivity contribution >= 4 is 10.0 Å². The van der Waals surface area contributed by atoms with Crippen molar-refractivity contribution in [1.82, 2.24) is 9.21 Å². The van der Waals surface area contributed by atoms with Crippen LogP contribution in [-0.4, -0.2) is 57.1 Å². The van der Waals surface area contributed by atoms with Crippen LogP contribution in [0.3, 0.4) is 0 Å². The Kier molecular flexibility index (Phi) is 2.51. The molecule has 1 aliphatic heterocycles. The zero-order chi connectivity index (χ0) is 8.48. The second-order valence-corrected chi connectivity index (χ2v) is 5.14. The summed E-state index contributed by atoms with van der Waals surface area (Å²) in [4.78, 5) is 2.03. The minimum atomic E-state index is -2.94. The molecule has 66 valence electrons. The van der Waals surface area contributed by atoms with E-state index in [0.717, 1.165) is 6.54 Å². The van der Waals surface area contributed by atoms with Crippen LogP contribution in [0.1, 0.15) is 0 Å². The van der Waals surface area contributed by atoms with Crippen LogP contribution in [0.25, 0.3) is 0 Å².